The van der Waals surface area contributed by atoms with E-state index in [1.807, 2.05) is 0 Å². The molecule has 0 unspecified atom stereocenters. The summed E-state index contributed by atoms with van der Waals surface area (Å²) < 4.78 is 33.4. The lowest BCUT2D eigenvalue weighted by Gasteiger charge is -2.08. The second-order valence-corrected chi connectivity index (χ2v) is 7.26. The van der Waals surface area contributed by atoms with E-state index in [0.717, 1.165) is 17.1 Å². The average Bonchev–Trinajstić information content (AvgIpc) is 3.20. The van der Waals surface area contributed by atoms with Gasteiger partial charge in [-0.2, -0.15) is 4.39 Å². The average molecular weight is 437 g/mol. The third-order valence-corrected chi connectivity index (χ3v) is 5.21. The molecule has 164 valence electrons. The molecular weight excluding hydrogens is 416 g/mol. The zero-order valence-electron chi connectivity index (χ0n) is 17.6. The number of fused-ring (bicyclic) bond motifs is 1. The van der Waals surface area contributed by atoms with Crippen LogP contribution in [0.25, 0.3) is 11.0 Å². The van der Waals surface area contributed by atoms with Crippen LogP contribution in [0.4, 0.5) is 8.78 Å². The maximum atomic E-state index is 14.7. The number of rotatable bonds is 7. The number of carbonyl (C=O) groups is 1. The van der Waals surface area contributed by atoms with Crippen molar-refractivity contribution in [3.8, 4) is 5.88 Å². The maximum absolute atomic E-state index is 14.7. The first-order valence-corrected chi connectivity index (χ1v) is 9.99. The summed E-state index contributed by atoms with van der Waals surface area (Å²) in [6, 6.07) is 6.52. The van der Waals surface area contributed by atoms with Crippen LogP contribution < -0.4 is 10.1 Å². The van der Waals surface area contributed by atoms with E-state index >= 15 is 0 Å². The third-order valence-electron chi connectivity index (χ3n) is 5.21. The van der Waals surface area contributed by atoms with Gasteiger partial charge in [-0.3, -0.25) is 4.79 Å². The van der Waals surface area contributed by atoms with Crippen molar-refractivity contribution >= 4 is 16.9 Å². The number of hydrogen-bond donors (Lipinski definition) is 2. The predicted molar refractivity (Wildman–Crippen MR) is 115 cm³/mol. The normalized spacial score (nSPS) is 11.0. The first-order valence-electron chi connectivity index (χ1n) is 9.99. The van der Waals surface area contributed by atoms with Gasteiger partial charge in [-0.15, -0.1) is 0 Å². The van der Waals surface area contributed by atoms with E-state index in [0.29, 0.717) is 53.2 Å². The van der Waals surface area contributed by atoms with Gasteiger partial charge in [0.15, 0.2) is 0 Å². The van der Waals surface area contributed by atoms with Crippen molar-refractivity contribution in [3.05, 3.63) is 82.6 Å². The van der Waals surface area contributed by atoms with E-state index < -0.39 is 11.8 Å². The summed E-state index contributed by atoms with van der Waals surface area (Å²) in [5.41, 5.74) is 3.41. The molecule has 0 aromatic carbocycles. The largest absolute Gasteiger partial charge is 0.481 e. The molecule has 0 saturated heterocycles. The molecule has 0 fully saturated rings. The molecular formula is C23H21F2N5O2. The highest BCUT2D eigenvalue weighted by Crippen LogP contribution is 2.23. The van der Waals surface area contributed by atoms with Crippen LogP contribution in [-0.4, -0.2) is 40.0 Å². The number of aryl methyl sites for hydroxylation is 2. The minimum absolute atomic E-state index is 0.242. The van der Waals surface area contributed by atoms with Gasteiger partial charge in [0, 0.05) is 48.1 Å². The molecule has 0 saturated carbocycles. The fraction of sp³-hybridized carbons (Fsp3) is 0.217. The maximum Gasteiger partial charge on any atom is 0.252 e. The number of carbonyl (C=O) groups excluding carboxylic acids is 1. The smallest absolute Gasteiger partial charge is 0.252 e. The predicted octanol–water partition coefficient (Wildman–Crippen LogP) is 3.38. The molecule has 0 aliphatic heterocycles. The summed E-state index contributed by atoms with van der Waals surface area (Å²) in [6.07, 6.45) is 5.44. The molecule has 4 aromatic heterocycles. The van der Waals surface area contributed by atoms with Crippen molar-refractivity contribution in [2.24, 2.45) is 0 Å². The number of hydrogen-bond acceptors (Lipinski definition) is 5. The molecule has 0 radical (unpaired) electrons. The Kier molecular flexibility index (Phi) is 6.07. The Hall–Kier alpha value is -3.88. The number of nitrogens with zero attached hydrogens (tertiary/aromatic N) is 3. The number of H-pyrrole nitrogens is 1. The Morgan fingerprint density at radius 3 is 2.69 bits per heavy atom. The number of halogens is 2. The molecule has 4 aromatic rings. The zero-order valence-corrected chi connectivity index (χ0v) is 17.6. The quantitative estimate of drug-likeness (QED) is 0.433. The minimum atomic E-state index is -0.573. The monoisotopic (exact) mass is 437 g/mol. The van der Waals surface area contributed by atoms with Crippen molar-refractivity contribution in [2.75, 3.05) is 14.2 Å². The van der Waals surface area contributed by atoms with Gasteiger partial charge >= 0.3 is 0 Å². The molecule has 0 bridgehead atoms. The van der Waals surface area contributed by atoms with E-state index in [1.54, 1.807) is 31.4 Å². The van der Waals surface area contributed by atoms with Crippen LogP contribution >= 0.6 is 0 Å². The Bertz CT molecular complexity index is 1290. The number of pyridine rings is 3. The van der Waals surface area contributed by atoms with Gasteiger partial charge in [0.1, 0.15) is 11.5 Å². The standard InChI is InChI=1S/C23H21F2N5O2/c1-26-22(31)16-9-19-15(10-27-21(19)28-11-16)7-13-3-5-18(30-20(13)25)6-4-14-8-17(24)12-29-23(14)32-2/h3,5,8-12H,4,6-7H2,1-2H3,(H,26,31)(H,27,28). The molecule has 7 nitrogen and oxygen atoms in total. The van der Waals surface area contributed by atoms with Crippen LogP contribution in [0.5, 0.6) is 5.88 Å². The topological polar surface area (TPSA) is 92.8 Å². The van der Waals surface area contributed by atoms with E-state index in [2.05, 4.69) is 25.3 Å². The molecule has 0 atom stereocenters. The lowest BCUT2D eigenvalue weighted by molar-refractivity contribution is 0.0963. The number of aromatic nitrogens is 4. The van der Waals surface area contributed by atoms with E-state index in [-0.39, 0.29) is 5.91 Å². The minimum Gasteiger partial charge on any atom is -0.481 e. The van der Waals surface area contributed by atoms with E-state index in [4.69, 9.17) is 4.74 Å². The van der Waals surface area contributed by atoms with Crippen LogP contribution in [0.3, 0.4) is 0 Å². The summed E-state index contributed by atoms with van der Waals surface area (Å²) in [5.74, 6) is -0.930. The van der Waals surface area contributed by atoms with Crippen molar-refractivity contribution < 1.29 is 18.3 Å². The van der Waals surface area contributed by atoms with Crippen molar-refractivity contribution in [1.82, 2.24) is 25.3 Å². The number of amides is 1. The molecule has 4 rings (SSSR count). The second kappa shape index (κ2) is 9.09. The first kappa shape index (κ1) is 21.4. The molecule has 0 aliphatic rings. The zero-order chi connectivity index (χ0) is 22.7. The van der Waals surface area contributed by atoms with Crippen molar-refractivity contribution in [3.63, 3.8) is 0 Å². The van der Waals surface area contributed by atoms with Gasteiger partial charge in [-0.25, -0.2) is 19.3 Å². The summed E-state index contributed by atoms with van der Waals surface area (Å²) in [4.78, 5) is 27.2. The molecule has 0 aliphatic carbocycles. The molecule has 4 heterocycles. The SMILES string of the molecule is CNC(=O)c1cnc2[nH]cc(Cc3ccc(CCc4cc(F)cnc4OC)nc3F)c2c1. The fourth-order valence-electron chi connectivity index (χ4n) is 3.54. The summed E-state index contributed by atoms with van der Waals surface area (Å²) in [6.45, 7) is 0. The Morgan fingerprint density at radius 2 is 1.94 bits per heavy atom. The number of methoxy groups -OCH3 is 1. The molecule has 2 N–H and O–H groups in total. The summed E-state index contributed by atoms with van der Waals surface area (Å²) >= 11 is 0. The van der Waals surface area contributed by atoms with Crippen LogP contribution in [0.2, 0.25) is 0 Å². The van der Waals surface area contributed by atoms with Crippen LogP contribution in [0.1, 0.15) is 32.7 Å². The highest BCUT2D eigenvalue weighted by Gasteiger charge is 2.14. The molecule has 32 heavy (non-hydrogen) atoms. The first-order chi connectivity index (χ1) is 15.5. The Labute approximate surface area is 182 Å². The van der Waals surface area contributed by atoms with Crippen LogP contribution in [-0.2, 0) is 19.3 Å². The van der Waals surface area contributed by atoms with Gasteiger partial charge in [0.2, 0.25) is 11.8 Å². The summed E-state index contributed by atoms with van der Waals surface area (Å²) in [7, 11) is 3.02. The number of nitrogens with one attached hydrogen (secondary N) is 2. The molecule has 9 heteroatoms. The van der Waals surface area contributed by atoms with Crippen molar-refractivity contribution in [2.45, 2.75) is 19.3 Å². The van der Waals surface area contributed by atoms with Crippen LogP contribution in [0.15, 0.2) is 42.9 Å². The van der Waals surface area contributed by atoms with Gasteiger partial charge in [-0.1, -0.05) is 6.07 Å². The van der Waals surface area contributed by atoms with Gasteiger partial charge < -0.3 is 15.0 Å². The molecule has 1 amide bonds. The Morgan fingerprint density at radius 1 is 1.09 bits per heavy atom. The fourth-order valence-corrected chi connectivity index (χ4v) is 3.54. The molecule has 0 spiro atoms. The summed E-state index contributed by atoms with van der Waals surface area (Å²) in [5, 5.41) is 3.32. The van der Waals surface area contributed by atoms with Crippen LogP contribution in [0, 0.1) is 11.8 Å². The lowest BCUT2D eigenvalue weighted by atomic mass is 10.0. The number of aromatic amines is 1. The highest BCUT2D eigenvalue weighted by molar-refractivity contribution is 5.97. The van der Waals surface area contributed by atoms with E-state index in [9.17, 15) is 13.6 Å². The van der Waals surface area contributed by atoms with Crippen molar-refractivity contribution in [1.29, 1.82) is 0 Å². The van der Waals surface area contributed by atoms with E-state index in [1.165, 1.54) is 19.4 Å². The lowest BCUT2D eigenvalue weighted by Crippen LogP contribution is -2.17. The van der Waals surface area contributed by atoms with Gasteiger partial charge in [-0.05, 0) is 36.6 Å². The van der Waals surface area contributed by atoms with Gasteiger partial charge in [0.05, 0.1) is 18.9 Å². The second-order valence-electron chi connectivity index (χ2n) is 7.26. The Balaban J connectivity index is 1.52. The highest BCUT2D eigenvalue weighted by atomic mass is 19.1. The van der Waals surface area contributed by atoms with Gasteiger partial charge in [0.25, 0.3) is 5.91 Å². The number of ether oxygens (including phenoxy) is 1. The third kappa shape index (κ3) is 4.41.